The molecule has 0 bridgehead atoms. The molecule has 0 saturated heterocycles. The molecule has 0 fully saturated rings. The Kier molecular flexibility index (Phi) is 9.56. The summed E-state index contributed by atoms with van der Waals surface area (Å²) in [5, 5.41) is 11.0. The molecule has 0 saturated carbocycles. The van der Waals surface area contributed by atoms with Crippen molar-refractivity contribution < 1.29 is 23.5 Å². The van der Waals surface area contributed by atoms with Crippen molar-refractivity contribution in [2.24, 2.45) is 5.92 Å². The number of nitrogens with one attached hydrogen (secondary N) is 3. The molecule has 36 heavy (non-hydrogen) atoms. The molecule has 0 unspecified atom stereocenters. The van der Waals surface area contributed by atoms with Gasteiger partial charge in [0.05, 0.1) is 6.04 Å². The van der Waals surface area contributed by atoms with E-state index in [1.54, 1.807) is 0 Å². The Bertz CT molecular complexity index is 1190. The van der Waals surface area contributed by atoms with E-state index in [1.807, 2.05) is 74.5 Å². The fourth-order valence-corrected chi connectivity index (χ4v) is 3.59. The Balaban J connectivity index is 1.69. The lowest BCUT2D eigenvalue weighted by Gasteiger charge is -2.23. The summed E-state index contributed by atoms with van der Waals surface area (Å²) in [5.41, 5.74) is 1.78. The first-order valence-electron chi connectivity index (χ1n) is 11.7. The van der Waals surface area contributed by atoms with Gasteiger partial charge in [-0.15, -0.1) is 5.10 Å². The summed E-state index contributed by atoms with van der Waals surface area (Å²) in [4.78, 5) is 50.0. The molecule has 0 aliphatic carbocycles. The Morgan fingerprint density at radius 3 is 2.17 bits per heavy atom. The number of hydrogen-bond acceptors (Lipinski definition) is 7. The molecule has 0 aliphatic rings. The molecule has 10 heteroatoms. The maximum atomic E-state index is 13.2. The van der Waals surface area contributed by atoms with E-state index < -0.39 is 41.5 Å². The van der Waals surface area contributed by atoms with Crippen LogP contribution in [0.5, 0.6) is 0 Å². The number of rotatable bonds is 12. The van der Waals surface area contributed by atoms with Crippen molar-refractivity contribution in [2.75, 3.05) is 0 Å². The Hall–Kier alpha value is -4.21. The van der Waals surface area contributed by atoms with Gasteiger partial charge in [-0.2, -0.15) is 0 Å². The van der Waals surface area contributed by atoms with Gasteiger partial charge in [-0.05, 0) is 36.3 Å². The van der Waals surface area contributed by atoms with Crippen LogP contribution in [0.1, 0.15) is 48.5 Å². The van der Waals surface area contributed by atoms with Crippen LogP contribution in [0, 0.1) is 5.92 Å². The highest BCUT2D eigenvalue weighted by Crippen LogP contribution is 2.11. The van der Waals surface area contributed by atoms with E-state index in [1.165, 1.54) is 0 Å². The highest BCUT2D eigenvalue weighted by Gasteiger charge is 2.30. The number of benzene rings is 2. The lowest BCUT2D eigenvalue weighted by atomic mass is 9.99. The number of carbonyl (C=O) groups excluding carboxylic acids is 3. The first-order chi connectivity index (χ1) is 17.3. The molecule has 2 amide bonds. The molecule has 2 aromatic carbocycles. The second-order valence-corrected chi connectivity index (χ2v) is 8.76. The van der Waals surface area contributed by atoms with E-state index in [0.717, 1.165) is 11.1 Å². The average Bonchev–Trinajstić information content (AvgIpc) is 3.31. The van der Waals surface area contributed by atoms with Crippen molar-refractivity contribution in [2.45, 2.75) is 51.8 Å². The zero-order chi connectivity index (χ0) is 25.9. The number of nitrogens with zero attached hydrogens (tertiary/aromatic N) is 1. The van der Waals surface area contributed by atoms with Gasteiger partial charge in [-0.1, -0.05) is 74.5 Å². The second kappa shape index (κ2) is 13.0. The van der Waals surface area contributed by atoms with Gasteiger partial charge in [0.15, 0.2) is 0 Å². The molecular weight excluding hydrogens is 464 g/mol. The number of hydrogen-bond donors (Lipinski definition) is 3. The highest BCUT2D eigenvalue weighted by atomic mass is 16.5. The average molecular weight is 495 g/mol. The minimum atomic E-state index is -1.03. The van der Waals surface area contributed by atoms with Crippen LogP contribution in [-0.2, 0) is 22.6 Å². The minimum absolute atomic E-state index is 0.0546. The summed E-state index contributed by atoms with van der Waals surface area (Å²) in [6.45, 7) is 3.88. The van der Waals surface area contributed by atoms with Crippen molar-refractivity contribution in [3.05, 3.63) is 88.2 Å². The standard InChI is InChI=1S/C26H30N4O6/c1-17(2)15-21(28-25(33)35-16-19-11-7-4-8-12-19)23(32)27-20(14-13-18-9-5-3-6-10-18)22(31)24-29-30-26(34)36-24/h3-12,17,20-21H,13-16H2,1-2H3,(H,27,32)(H,28,33)(H,30,34)/t20-,21-/m0/s1. The predicted molar refractivity (Wildman–Crippen MR) is 131 cm³/mol. The summed E-state index contributed by atoms with van der Waals surface area (Å²) >= 11 is 0. The maximum absolute atomic E-state index is 13.2. The fourth-order valence-electron chi connectivity index (χ4n) is 3.59. The van der Waals surface area contributed by atoms with Crippen LogP contribution >= 0.6 is 0 Å². The van der Waals surface area contributed by atoms with Gasteiger partial charge in [0.25, 0.3) is 5.89 Å². The van der Waals surface area contributed by atoms with E-state index in [9.17, 15) is 19.2 Å². The number of H-pyrrole nitrogens is 1. The topological polar surface area (TPSA) is 143 Å². The molecule has 0 radical (unpaired) electrons. The van der Waals surface area contributed by atoms with E-state index in [2.05, 4.69) is 20.8 Å². The number of alkyl carbamates (subject to hydrolysis) is 1. The van der Waals surface area contributed by atoms with E-state index >= 15 is 0 Å². The number of aromatic nitrogens is 2. The van der Waals surface area contributed by atoms with Crippen molar-refractivity contribution >= 4 is 17.8 Å². The fraction of sp³-hybridized carbons (Fsp3) is 0.346. The molecule has 1 heterocycles. The van der Waals surface area contributed by atoms with Gasteiger partial charge in [0.2, 0.25) is 11.7 Å². The van der Waals surface area contributed by atoms with Crippen LogP contribution in [0.25, 0.3) is 0 Å². The summed E-state index contributed by atoms with van der Waals surface area (Å²) in [6, 6.07) is 16.6. The molecule has 190 valence electrons. The van der Waals surface area contributed by atoms with Crippen LogP contribution in [-0.4, -0.2) is 40.1 Å². The number of aryl methyl sites for hydroxylation is 1. The number of amides is 2. The predicted octanol–water partition coefficient (Wildman–Crippen LogP) is 3.00. The molecule has 0 aliphatic heterocycles. The highest BCUT2D eigenvalue weighted by molar-refractivity contribution is 5.99. The van der Waals surface area contributed by atoms with Crippen LogP contribution < -0.4 is 16.4 Å². The summed E-state index contributed by atoms with van der Waals surface area (Å²) in [5.74, 6) is -2.42. The van der Waals surface area contributed by atoms with Crippen LogP contribution in [0.15, 0.2) is 69.9 Å². The molecule has 3 aromatic rings. The normalized spacial score (nSPS) is 12.5. The van der Waals surface area contributed by atoms with Crippen LogP contribution in [0.2, 0.25) is 0 Å². The molecule has 3 rings (SSSR count). The van der Waals surface area contributed by atoms with Gasteiger partial charge >= 0.3 is 11.8 Å². The lowest BCUT2D eigenvalue weighted by Crippen LogP contribution is -2.52. The number of carbonyl (C=O) groups is 3. The molecule has 1 aromatic heterocycles. The molecule has 2 atom stereocenters. The zero-order valence-electron chi connectivity index (χ0n) is 20.2. The first-order valence-corrected chi connectivity index (χ1v) is 11.7. The summed E-state index contributed by atoms with van der Waals surface area (Å²) in [7, 11) is 0. The summed E-state index contributed by atoms with van der Waals surface area (Å²) in [6.07, 6.45) is 0.291. The van der Waals surface area contributed by atoms with Gasteiger partial charge < -0.3 is 19.8 Å². The third kappa shape index (κ3) is 8.23. The number of ether oxygens (including phenoxy) is 1. The largest absolute Gasteiger partial charge is 0.445 e. The number of Topliss-reactive ketones (excluding diaryl/α,β-unsaturated/α-hetero) is 1. The number of ketones is 1. The molecule has 10 nitrogen and oxygen atoms in total. The lowest BCUT2D eigenvalue weighted by molar-refractivity contribution is -0.124. The van der Waals surface area contributed by atoms with Gasteiger partial charge in [0, 0.05) is 0 Å². The monoisotopic (exact) mass is 494 g/mol. The number of aromatic amines is 1. The van der Waals surface area contributed by atoms with E-state index in [0.29, 0.717) is 12.8 Å². The third-order valence-corrected chi connectivity index (χ3v) is 5.37. The van der Waals surface area contributed by atoms with Crippen LogP contribution in [0.3, 0.4) is 0 Å². The molecule has 0 spiro atoms. The zero-order valence-corrected chi connectivity index (χ0v) is 20.2. The SMILES string of the molecule is CC(C)C[C@H](NC(=O)OCc1ccccc1)C(=O)N[C@@H](CCc1ccccc1)C(=O)c1n[nH]c(=O)o1. The maximum Gasteiger partial charge on any atom is 0.434 e. The van der Waals surface area contributed by atoms with Gasteiger partial charge in [0.1, 0.15) is 12.6 Å². The van der Waals surface area contributed by atoms with Crippen molar-refractivity contribution in [3.8, 4) is 0 Å². The second-order valence-electron chi connectivity index (χ2n) is 8.76. The van der Waals surface area contributed by atoms with Crippen molar-refractivity contribution in [1.82, 2.24) is 20.8 Å². The molecule has 3 N–H and O–H groups in total. The van der Waals surface area contributed by atoms with Gasteiger partial charge in [-0.3, -0.25) is 9.59 Å². The Morgan fingerprint density at radius 2 is 1.58 bits per heavy atom. The van der Waals surface area contributed by atoms with Gasteiger partial charge in [-0.25, -0.2) is 14.7 Å². The Labute approximate surface area is 208 Å². The Morgan fingerprint density at radius 1 is 0.944 bits per heavy atom. The van der Waals surface area contributed by atoms with Crippen molar-refractivity contribution in [1.29, 1.82) is 0 Å². The van der Waals surface area contributed by atoms with Crippen molar-refractivity contribution in [3.63, 3.8) is 0 Å². The summed E-state index contributed by atoms with van der Waals surface area (Å²) < 4.78 is 10.1. The first kappa shape index (κ1) is 26.4. The minimum Gasteiger partial charge on any atom is -0.445 e. The van der Waals surface area contributed by atoms with E-state index in [-0.39, 0.29) is 18.9 Å². The smallest absolute Gasteiger partial charge is 0.434 e. The third-order valence-electron chi connectivity index (χ3n) is 5.37. The van der Waals surface area contributed by atoms with E-state index in [4.69, 9.17) is 9.15 Å². The quantitative estimate of drug-likeness (QED) is 0.328. The molecular formula is C26H30N4O6. The van der Waals surface area contributed by atoms with Crippen LogP contribution in [0.4, 0.5) is 4.79 Å².